The topological polar surface area (TPSA) is 127 Å². The maximum absolute atomic E-state index is 12.5. The van der Waals surface area contributed by atoms with E-state index in [-0.39, 0.29) is 12.0 Å². The first-order valence-corrected chi connectivity index (χ1v) is 9.84. The summed E-state index contributed by atoms with van der Waals surface area (Å²) in [5, 5.41) is 2.57. The van der Waals surface area contributed by atoms with E-state index in [2.05, 4.69) is 15.3 Å². The largest absolute Gasteiger partial charge is 0.493 e. The predicted molar refractivity (Wildman–Crippen MR) is 111 cm³/mol. The molecule has 1 aromatic heterocycles. The minimum atomic E-state index is -0.770. The molecular formula is C21H28N4O4. The summed E-state index contributed by atoms with van der Waals surface area (Å²) in [6.45, 7) is 6.33. The van der Waals surface area contributed by atoms with Gasteiger partial charge in [0, 0.05) is 17.5 Å². The number of H-pyrrole nitrogens is 1. The van der Waals surface area contributed by atoms with Crippen molar-refractivity contribution in [3.05, 3.63) is 45.4 Å². The Morgan fingerprint density at radius 1 is 1.31 bits per heavy atom. The van der Waals surface area contributed by atoms with Gasteiger partial charge in [-0.15, -0.1) is 0 Å². The van der Waals surface area contributed by atoms with Crippen LogP contribution < -0.4 is 21.3 Å². The number of aldehydes is 1. The molecule has 1 aromatic carbocycles. The zero-order chi connectivity index (χ0) is 21.4. The number of hydrogen-bond donors (Lipinski definition) is 3. The molecule has 2 aromatic rings. The molecule has 1 heterocycles. The summed E-state index contributed by atoms with van der Waals surface area (Å²) in [5.74, 6) is 0.447. The summed E-state index contributed by atoms with van der Waals surface area (Å²) in [6, 6.07) is 4.89. The minimum absolute atomic E-state index is 0.0174. The van der Waals surface area contributed by atoms with Crippen molar-refractivity contribution in [2.45, 2.75) is 52.6 Å². The van der Waals surface area contributed by atoms with Gasteiger partial charge in [0.15, 0.2) is 0 Å². The van der Waals surface area contributed by atoms with Crippen molar-refractivity contribution >= 4 is 12.2 Å². The van der Waals surface area contributed by atoms with E-state index in [0.717, 1.165) is 12.1 Å². The molecule has 8 nitrogen and oxygen atoms in total. The number of hydrogen-bond acceptors (Lipinski definition) is 6. The van der Waals surface area contributed by atoms with Crippen molar-refractivity contribution < 1.29 is 14.3 Å². The number of aromatic amines is 1. The highest BCUT2D eigenvalue weighted by Gasteiger charge is 2.17. The van der Waals surface area contributed by atoms with Gasteiger partial charge in [-0.3, -0.25) is 9.59 Å². The number of rotatable bonds is 10. The molecule has 4 N–H and O–H groups in total. The fraction of sp³-hybridized carbons (Fsp3) is 0.429. The number of benzene rings is 1. The molecule has 1 amide bonds. The molecule has 29 heavy (non-hydrogen) atoms. The number of carbonyl (C=O) groups is 2. The number of nitrogens with two attached hydrogens (primary N) is 1. The summed E-state index contributed by atoms with van der Waals surface area (Å²) in [7, 11) is 0. The van der Waals surface area contributed by atoms with Gasteiger partial charge in [0.2, 0.25) is 0 Å². The van der Waals surface area contributed by atoms with Crippen molar-refractivity contribution in [3.8, 4) is 17.1 Å². The Morgan fingerprint density at radius 3 is 2.69 bits per heavy atom. The first-order valence-electron chi connectivity index (χ1n) is 9.84. The standard InChI is InChI=1S/C21H28N4O4/c1-4-11-29-17-8-7-13(20(27)24-18(22)9-10-26)12-15(17)19-23-16(6-3)14(5-2)21(28)25-19/h7-8,10,12,18H,4-6,9,11,22H2,1-3H3,(H,24,27)(H,23,25,28). The third-order valence-electron chi connectivity index (χ3n) is 4.41. The molecule has 0 saturated heterocycles. The van der Waals surface area contributed by atoms with Crippen LogP contribution in [0.3, 0.4) is 0 Å². The Balaban J connectivity index is 2.52. The molecule has 0 fully saturated rings. The Labute approximate surface area is 169 Å². The molecule has 0 aliphatic rings. The van der Waals surface area contributed by atoms with Gasteiger partial charge in [-0.2, -0.15) is 0 Å². The van der Waals surface area contributed by atoms with Crippen LogP contribution in [0.25, 0.3) is 11.4 Å². The van der Waals surface area contributed by atoms with E-state index in [1.807, 2.05) is 20.8 Å². The number of aryl methyl sites for hydroxylation is 1. The number of nitrogens with one attached hydrogen (secondary N) is 2. The van der Waals surface area contributed by atoms with Gasteiger partial charge in [0.25, 0.3) is 11.5 Å². The maximum Gasteiger partial charge on any atom is 0.254 e. The van der Waals surface area contributed by atoms with E-state index in [9.17, 15) is 14.4 Å². The van der Waals surface area contributed by atoms with Crippen molar-refractivity contribution in [2.75, 3.05) is 6.61 Å². The molecule has 0 spiro atoms. The molecule has 0 aliphatic carbocycles. The van der Waals surface area contributed by atoms with Crippen molar-refractivity contribution in [3.63, 3.8) is 0 Å². The quantitative estimate of drug-likeness (QED) is 0.413. The van der Waals surface area contributed by atoms with Crippen molar-refractivity contribution in [1.29, 1.82) is 0 Å². The van der Waals surface area contributed by atoms with Crippen LogP contribution in [-0.4, -0.2) is 34.9 Å². The van der Waals surface area contributed by atoms with E-state index in [4.69, 9.17) is 10.5 Å². The van der Waals surface area contributed by atoms with Gasteiger partial charge < -0.3 is 25.6 Å². The SMILES string of the molecule is CCCOc1ccc(C(=O)NC(N)CC=O)cc1-c1nc(CC)c(CC)c(=O)[nH]1. The van der Waals surface area contributed by atoms with Crippen molar-refractivity contribution in [1.82, 2.24) is 15.3 Å². The Hall–Kier alpha value is -3.00. The van der Waals surface area contributed by atoms with Gasteiger partial charge in [-0.25, -0.2) is 4.98 Å². The smallest absolute Gasteiger partial charge is 0.254 e. The highest BCUT2D eigenvalue weighted by atomic mass is 16.5. The second kappa shape index (κ2) is 10.5. The molecule has 0 aliphatic heterocycles. The lowest BCUT2D eigenvalue weighted by Crippen LogP contribution is -2.41. The van der Waals surface area contributed by atoms with Crippen molar-refractivity contribution in [2.24, 2.45) is 5.73 Å². The number of amides is 1. The molecule has 156 valence electrons. The molecule has 8 heteroatoms. The normalized spacial score (nSPS) is 11.7. The van der Waals surface area contributed by atoms with Gasteiger partial charge in [-0.1, -0.05) is 20.8 Å². The molecule has 0 saturated carbocycles. The first-order chi connectivity index (χ1) is 13.9. The van der Waals surface area contributed by atoms with Gasteiger partial charge in [-0.05, 0) is 37.5 Å². The van der Waals surface area contributed by atoms with Gasteiger partial charge in [0.1, 0.15) is 17.9 Å². The lowest BCUT2D eigenvalue weighted by molar-refractivity contribution is -0.108. The molecule has 2 rings (SSSR count). The predicted octanol–water partition coefficient (Wildman–Crippen LogP) is 1.95. The Bertz CT molecular complexity index is 923. The van der Waals surface area contributed by atoms with E-state index in [1.165, 1.54) is 0 Å². The Morgan fingerprint density at radius 2 is 2.07 bits per heavy atom. The Kier molecular flexibility index (Phi) is 8.09. The fourth-order valence-electron chi connectivity index (χ4n) is 2.94. The molecule has 0 radical (unpaired) electrons. The lowest BCUT2D eigenvalue weighted by atomic mass is 10.1. The summed E-state index contributed by atoms with van der Waals surface area (Å²) in [5.41, 5.74) is 7.73. The molecule has 1 unspecified atom stereocenters. The zero-order valence-electron chi connectivity index (χ0n) is 17.1. The zero-order valence-corrected chi connectivity index (χ0v) is 17.1. The summed E-state index contributed by atoms with van der Waals surface area (Å²) in [6.07, 6.45) is 1.90. The third-order valence-corrected chi connectivity index (χ3v) is 4.41. The fourth-order valence-corrected chi connectivity index (χ4v) is 2.94. The summed E-state index contributed by atoms with van der Waals surface area (Å²) >= 11 is 0. The summed E-state index contributed by atoms with van der Waals surface area (Å²) < 4.78 is 5.80. The van der Waals surface area contributed by atoms with Crippen LogP contribution in [0.5, 0.6) is 5.75 Å². The van der Waals surface area contributed by atoms with E-state index in [0.29, 0.717) is 54.0 Å². The second-order valence-corrected chi connectivity index (χ2v) is 6.59. The van der Waals surface area contributed by atoms with Crippen LogP contribution in [0.2, 0.25) is 0 Å². The first kappa shape index (κ1) is 22.3. The number of nitrogens with zero attached hydrogens (tertiary/aromatic N) is 1. The van der Waals surface area contributed by atoms with Crippen LogP contribution in [0, 0.1) is 0 Å². The minimum Gasteiger partial charge on any atom is -0.493 e. The number of carbonyl (C=O) groups excluding carboxylic acids is 2. The molecule has 0 bridgehead atoms. The third kappa shape index (κ3) is 5.51. The van der Waals surface area contributed by atoms with Crippen LogP contribution in [-0.2, 0) is 17.6 Å². The average Bonchev–Trinajstić information content (AvgIpc) is 2.71. The van der Waals surface area contributed by atoms with Crippen LogP contribution >= 0.6 is 0 Å². The lowest BCUT2D eigenvalue weighted by Gasteiger charge is -2.15. The van der Waals surface area contributed by atoms with Crippen LogP contribution in [0.1, 0.15) is 55.2 Å². The summed E-state index contributed by atoms with van der Waals surface area (Å²) in [4.78, 5) is 43.0. The van der Waals surface area contributed by atoms with E-state index >= 15 is 0 Å². The van der Waals surface area contributed by atoms with E-state index < -0.39 is 12.1 Å². The van der Waals surface area contributed by atoms with Crippen LogP contribution in [0.4, 0.5) is 0 Å². The monoisotopic (exact) mass is 400 g/mol. The van der Waals surface area contributed by atoms with Gasteiger partial charge >= 0.3 is 0 Å². The van der Waals surface area contributed by atoms with Gasteiger partial charge in [0.05, 0.1) is 24.0 Å². The van der Waals surface area contributed by atoms with Crippen LogP contribution in [0.15, 0.2) is 23.0 Å². The highest BCUT2D eigenvalue weighted by molar-refractivity contribution is 5.96. The number of ether oxygens (including phenoxy) is 1. The number of aromatic nitrogens is 2. The highest BCUT2D eigenvalue weighted by Crippen LogP contribution is 2.29. The molecule has 1 atom stereocenters. The molecular weight excluding hydrogens is 372 g/mol. The van der Waals surface area contributed by atoms with E-state index in [1.54, 1.807) is 18.2 Å². The second-order valence-electron chi connectivity index (χ2n) is 6.59. The average molecular weight is 400 g/mol. The maximum atomic E-state index is 12.5.